The van der Waals surface area contributed by atoms with Gasteiger partial charge in [0, 0.05) is 28.9 Å². The van der Waals surface area contributed by atoms with Crippen LogP contribution in [0.15, 0.2) is 79.0 Å². The van der Waals surface area contributed by atoms with Crippen LogP contribution in [0.4, 0.5) is 0 Å². The Labute approximate surface area is 209 Å². The molecule has 35 heavy (non-hydrogen) atoms. The molecule has 1 heterocycles. The number of unbranched alkanes of at least 4 members (excludes halogenated alkanes) is 1. The SMILES string of the molecule is CCCCc1nc(-c2ccc(OCCC(=O)O)cc2)cn1-c1ccc(Oc2ccc(Cl)cc2)cc1. The van der Waals surface area contributed by atoms with Crippen molar-refractivity contribution in [2.75, 3.05) is 6.61 Å². The zero-order valence-electron chi connectivity index (χ0n) is 19.5. The Morgan fingerprint density at radius 1 is 0.943 bits per heavy atom. The number of hydrogen-bond donors (Lipinski definition) is 1. The van der Waals surface area contributed by atoms with E-state index in [1.807, 2.05) is 66.9 Å². The van der Waals surface area contributed by atoms with Crippen molar-refractivity contribution >= 4 is 17.6 Å². The normalized spacial score (nSPS) is 10.8. The number of ether oxygens (including phenoxy) is 2. The van der Waals surface area contributed by atoms with E-state index in [1.165, 1.54) is 0 Å². The summed E-state index contributed by atoms with van der Waals surface area (Å²) in [6, 6.07) is 22.7. The van der Waals surface area contributed by atoms with Crippen molar-refractivity contribution < 1.29 is 19.4 Å². The third-order valence-corrected chi connectivity index (χ3v) is 5.68. The Hall–Kier alpha value is -3.77. The van der Waals surface area contributed by atoms with Gasteiger partial charge in [0.25, 0.3) is 0 Å². The van der Waals surface area contributed by atoms with Crippen molar-refractivity contribution in [2.24, 2.45) is 0 Å². The average Bonchev–Trinajstić information content (AvgIpc) is 3.29. The molecule has 7 heteroatoms. The third-order valence-electron chi connectivity index (χ3n) is 5.43. The molecule has 6 nitrogen and oxygen atoms in total. The minimum Gasteiger partial charge on any atom is -0.493 e. The lowest BCUT2D eigenvalue weighted by atomic mass is 10.1. The Kier molecular flexibility index (Phi) is 8.06. The van der Waals surface area contributed by atoms with Crippen LogP contribution in [0.25, 0.3) is 16.9 Å². The number of aliphatic carboxylic acids is 1. The van der Waals surface area contributed by atoms with Crippen molar-refractivity contribution in [3.63, 3.8) is 0 Å². The summed E-state index contributed by atoms with van der Waals surface area (Å²) >= 11 is 5.95. The molecule has 1 aromatic heterocycles. The number of halogens is 1. The molecule has 4 rings (SSSR count). The maximum absolute atomic E-state index is 10.7. The molecular weight excluding hydrogens is 464 g/mol. The fourth-order valence-corrected chi connectivity index (χ4v) is 3.71. The van der Waals surface area contributed by atoms with Crippen LogP contribution >= 0.6 is 11.6 Å². The van der Waals surface area contributed by atoms with Crippen LogP contribution < -0.4 is 9.47 Å². The Balaban J connectivity index is 1.53. The monoisotopic (exact) mass is 490 g/mol. The maximum atomic E-state index is 10.7. The van der Waals surface area contributed by atoms with Gasteiger partial charge in [0.1, 0.15) is 23.1 Å². The number of carboxylic acid groups (broad SMARTS) is 1. The molecule has 0 aliphatic rings. The van der Waals surface area contributed by atoms with Gasteiger partial charge in [-0.25, -0.2) is 4.98 Å². The lowest BCUT2D eigenvalue weighted by Gasteiger charge is -2.10. The highest BCUT2D eigenvalue weighted by Crippen LogP contribution is 2.27. The second-order valence-corrected chi connectivity index (χ2v) is 8.52. The molecule has 0 amide bonds. The van der Waals surface area contributed by atoms with Gasteiger partial charge in [0.2, 0.25) is 0 Å². The number of carboxylic acids is 1. The largest absolute Gasteiger partial charge is 0.493 e. The molecule has 0 bridgehead atoms. The number of imidazole rings is 1. The Morgan fingerprint density at radius 3 is 2.20 bits per heavy atom. The zero-order valence-corrected chi connectivity index (χ0v) is 20.2. The summed E-state index contributed by atoms with van der Waals surface area (Å²) in [7, 11) is 0. The zero-order chi connectivity index (χ0) is 24.6. The van der Waals surface area contributed by atoms with E-state index in [9.17, 15) is 4.79 Å². The number of aryl methyl sites for hydroxylation is 1. The van der Waals surface area contributed by atoms with Crippen molar-refractivity contribution in [2.45, 2.75) is 32.6 Å². The molecule has 0 radical (unpaired) electrons. The van der Waals surface area contributed by atoms with Gasteiger partial charge in [0.05, 0.1) is 18.7 Å². The summed E-state index contributed by atoms with van der Waals surface area (Å²) in [6.45, 7) is 2.31. The first kappa shape index (κ1) is 24.4. The molecule has 3 aromatic carbocycles. The second-order valence-electron chi connectivity index (χ2n) is 8.08. The summed E-state index contributed by atoms with van der Waals surface area (Å²) in [5, 5.41) is 9.43. The molecule has 0 saturated carbocycles. The quantitative estimate of drug-likeness (QED) is 0.241. The fraction of sp³-hybridized carbons (Fsp3) is 0.214. The van der Waals surface area contributed by atoms with Gasteiger partial charge in [-0.05, 0) is 79.2 Å². The van der Waals surface area contributed by atoms with E-state index in [0.29, 0.717) is 10.8 Å². The Morgan fingerprint density at radius 2 is 1.57 bits per heavy atom. The van der Waals surface area contributed by atoms with Gasteiger partial charge >= 0.3 is 5.97 Å². The molecule has 1 N–H and O–H groups in total. The maximum Gasteiger partial charge on any atom is 0.306 e. The van der Waals surface area contributed by atoms with E-state index in [0.717, 1.165) is 53.5 Å². The van der Waals surface area contributed by atoms with Crippen LogP contribution in [0.3, 0.4) is 0 Å². The molecule has 4 aromatic rings. The van der Waals surface area contributed by atoms with Gasteiger partial charge in [0.15, 0.2) is 0 Å². The van der Waals surface area contributed by atoms with Crippen molar-refractivity contribution in [3.05, 3.63) is 89.8 Å². The van der Waals surface area contributed by atoms with Crippen molar-refractivity contribution in [1.29, 1.82) is 0 Å². The van der Waals surface area contributed by atoms with Gasteiger partial charge in [-0.3, -0.25) is 4.79 Å². The van der Waals surface area contributed by atoms with Gasteiger partial charge in [-0.1, -0.05) is 24.9 Å². The molecule has 0 unspecified atom stereocenters. The molecule has 0 fully saturated rings. The highest BCUT2D eigenvalue weighted by Gasteiger charge is 2.12. The van der Waals surface area contributed by atoms with Crippen LogP contribution in [-0.4, -0.2) is 27.2 Å². The molecule has 0 aliphatic carbocycles. The molecule has 0 atom stereocenters. The van der Waals surface area contributed by atoms with Crippen molar-refractivity contribution in [1.82, 2.24) is 9.55 Å². The number of hydrogen-bond acceptors (Lipinski definition) is 4. The minimum atomic E-state index is -0.878. The first-order valence-electron chi connectivity index (χ1n) is 11.6. The fourth-order valence-electron chi connectivity index (χ4n) is 3.58. The van der Waals surface area contributed by atoms with Crippen LogP contribution in [0.5, 0.6) is 17.2 Å². The van der Waals surface area contributed by atoms with E-state index in [1.54, 1.807) is 12.1 Å². The summed E-state index contributed by atoms with van der Waals surface area (Å²) in [5.41, 5.74) is 2.84. The predicted molar refractivity (Wildman–Crippen MR) is 137 cm³/mol. The molecule has 0 saturated heterocycles. The molecule has 0 spiro atoms. The van der Waals surface area contributed by atoms with E-state index < -0.39 is 5.97 Å². The highest BCUT2D eigenvalue weighted by atomic mass is 35.5. The first-order chi connectivity index (χ1) is 17.0. The number of rotatable bonds is 11. The number of benzene rings is 3. The summed E-state index contributed by atoms with van der Waals surface area (Å²) < 4.78 is 13.5. The number of aromatic nitrogens is 2. The van der Waals surface area contributed by atoms with Gasteiger partial charge in [-0.15, -0.1) is 0 Å². The van der Waals surface area contributed by atoms with Crippen LogP contribution in [0.1, 0.15) is 32.0 Å². The minimum absolute atomic E-state index is 0.0313. The molecular formula is C28H27ClN2O4. The van der Waals surface area contributed by atoms with Gasteiger partial charge < -0.3 is 19.1 Å². The van der Waals surface area contributed by atoms with E-state index in [-0.39, 0.29) is 13.0 Å². The summed E-state index contributed by atoms with van der Waals surface area (Å²) in [4.78, 5) is 15.6. The number of nitrogens with zero attached hydrogens (tertiary/aromatic N) is 2. The van der Waals surface area contributed by atoms with Crippen molar-refractivity contribution in [3.8, 4) is 34.2 Å². The van der Waals surface area contributed by atoms with Crippen LogP contribution in [0, 0.1) is 0 Å². The first-order valence-corrected chi connectivity index (χ1v) is 12.0. The predicted octanol–water partition coefficient (Wildman–Crippen LogP) is 7.18. The second kappa shape index (κ2) is 11.6. The summed E-state index contributed by atoms with van der Waals surface area (Å²) in [5.74, 6) is 2.22. The molecule has 0 aliphatic heterocycles. The van der Waals surface area contributed by atoms with E-state index >= 15 is 0 Å². The summed E-state index contributed by atoms with van der Waals surface area (Å²) in [6.07, 6.45) is 5.01. The van der Waals surface area contributed by atoms with E-state index in [4.69, 9.17) is 31.2 Å². The lowest BCUT2D eigenvalue weighted by Crippen LogP contribution is -2.04. The topological polar surface area (TPSA) is 73.6 Å². The third kappa shape index (κ3) is 6.64. The van der Waals surface area contributed by atoms with Gasteiger partial charge in [-0.2, -0.15) is 0 Å². The average molecular weight is 491 g/mol. The highest BCUT2D eigenvalue weighted by molar-refractivity contribution is 6.30. The lowest BCUT2D eigenvalue weighted by molar-refractivity contribution is -0.137. The smallest absolute Gasteiger partial charge is 0.306 e. The number of carbonyl (C=O) groups is 1. The standard InChI is InChI=1S/C28H27ClN2O4/c1-2-3-4-27-30-26(20-5-11-23(12-6-20)34-18-17-28(32)33)19-31(27)22-9-15-25(16-10-22)35-24-13-7-21(29)8-14-24/h5-16,19H,2-4,17-18H2,1H3,(H,32,33). The van der Waals surface area contributed by atoms with Crippen LogP contribution in [-0.2, 0) is 11.2 Å². The molecule has 180 valence electrons. The Bertz CT molecular complexity index is 1250. The van der Waals surface area contributed by atoms with Crippen LogP contribution in [0.2, 0.25) is 5.02 Å². The van der Waals surface area contributed by atoms with E-state index in [2.05, 4.69) is 11.5 Å².